The van der Waals surface area contributed by atoms with Crippen molar-refractivity contribution in [3.05, 3.63) is 36.2 Å². The number of aromatic nitrogens is 4. The van der Waals surface area contributed by atoms with Gasteiger partial charge in [-0.1, -0.05) is 0 Å². The van der Waals surface area contributed by atoms with Crippen LogP contribution in [0.3, 0.4) is 0 Å². The molecule has 0 amide bonds. The highest BCUT2D eigenvalue weighted by Gasteiger charge is 2.24. The van der Waals surface area contributed by atoms with Gasteiger partial charge in [0, 0.05) is 38.3 Å². The largest absolute Gasteiger partial charge is 0.357 e. The van der Waals surface area contributed by atoms with E-state index in [0.29, 0.717) is 24.4 Å². The van der Waals surface area contributed by atoms with E-state index >= 15 is 0 Å². The van der Waals surface area contributed by atoms with Gasteiger partial charge in [-0.15, -0.1) is 0 Å². The lowest BCUT2D eigenvalue weighted by atomic mass is 9.98. The van der Waals surface area contributed by atoms with E-state index in [-0.39, 0.29) is 11.6 Å². The monoisotopic (exact) mass is 519 g/mol. The summed E-state index contributed by atoms with van der Waals surface area (Å²) in [5.74, 6) is 1.80. The highest BCUT2D eigenvalue weighted by atomic mass is 32.2. The molecule has 9 nitrogen and oxygen atoms in total. The summed E-state index contributed by atoms with van der Waals surface area (Å²) < 4.78 is 54.0. The van der Waals surface area contributed by atoms with Crippen LogP contribution in [0, 0.1) is 5.92 Å². The molecule has 0 saturated carbocycles. The molecule has 0 aromatic carbocycles. The van der Waals surface area contributed by atoms with Gasteiger partial charge in [-0.3, -0.25) is 0 Å². The van der Waals surface area contributed by atoms with E-state index in [4.69, 9.17) is 4.98 Å². The maximum Gasteiger partial charge on any atom is 0.282 e. The molecule has 1 atom stereocenters. The third kappa shape index (κ3) is 5.59. The van der Waals surface area contributed by atoms with Gasteiger partial charge in [0.2, 0.25) is 10.0 Å². The quantitative estimate of drug-likeness (QED) is 0.511. The highest BCUT2D eigenvalue weighted by Crippen LogP contribution is 2.32. The maximum atomic E-state index is 13.4. The Morgan fingerprint density at radius 2 is 1.78 bits per heavy atom. The Morgan fingerprint density at radius 3 is 2.50 bits per heavy atom. The molecule has 0 spiro atoms. The number of fused-ring (bicyclic) bond motifs is 1. The van der Waals surface area contributed by atoms with Crippen LogP contribution in [0.4, 0.5) is 20.4 Å². The fourth-order valence-corrected chi connectivity index (χ4v) is 5.54. The van der Waals surface area contributed by atoms with Gasteiger partial charge in [-0.05, 0) is 62.3 Å². The van der Waals surface area contributed by atoms with Crippen molar-refractivity contribution in [2.45, 2.75) is 38.5 Å². The Kier molecular flexibility index (Phi) is 7.07. The number of nitrogens with zero attached hydrogens (tertiary/aromatic N) is 6. The normalized spacial score (nSPS) is 19.4. The summed E-state index contributed by atoms with van der Waals surface area (Å²) in [7, 11) is -3.25. The van der Waals surface area contributed by atoms with E-state index in [1.807, 2.05) is 12.1 Å². The van der Waals surface area contributed by atoms with Crippen molar-refractivity contribution < 1.29 is 17.2 Å². The fraction of sp³-hybridized carbons (Fsp3) is 0.542. The van der Waals surface area contributed by atoms with Gasteiger partial charge in [0.25, 0.3) is 6.43 Å². The summed E-state index contributed by atoms with van der Waals surface area (Å²) in [5.41, 5.74) is 1.63. The SMILES string of the molecule is CS(=O)(=O)NCC1CCCN(c2cc(-c3cnc4ccc(C(F)F)nn34)cc(N3CCCCC3)n2)C1. The number of hydrogen-bond donors (Lipinski definition) is 1. The Balaban J connectivity index is 1.52. The van der Waals surface area contributed by atoms with E-state index in [2.05, 4.69) is 24.6 Å². The summed E-state index contributed by atoms with van der Waals surface area (Å²) >= 11 is 0. The number of piperidine rings is 2. The lowest BCUT2D eigenvalue weighted by Crippen LogP contribution is -2.41. The molecular weight excluding hydrogens is 488 g/mol. The maximum absolute atomic E-state index is 13.4. The molecule has 1 N–H and O–H groups in total. The predicted molar refractivity (Wildman–Crippen MR) is 135 cm³/mol. The number of anilines is 2. The molecule has 5 heterocycles. The molecule has 36 heavy (non-hydrogen) atoms. The minimum atomic E-state index is -3.25. The lowest BCUT2D eigenvalue weighted by Gasteiger charge is -2.35. The summed E-state index contributed by atoms with van der Waals surface area (Å²) in [6, 6.07) is 6.80. The molecule has 0 radical (unpaired) electrons. The van der Waals surface area contributed by atoms with Crippen molar-refractivity contribution in [2.24, 2.45) is 5.92 Å². The topological polar surface area (TPSA) is 95.7 Å². The standard InChI is InChI=1S/C24H31F2N7O2S/c1-36(34,35)28-14-17-6-5-11-32(16-17)23-13-18(12-22(29-23)31-9-3-2-4-10-31)20-15-27-21-8-7-19(24(25)26)30-33(20)21/h7-8,12-13,15,17,24,28H,2-6,9-11,14,16H2,1H3. The number of hydrogen-bond acceptors (Lipinski definition) is 7. The Morgan fingerprint density at radius 1 is 1.06 bits per heavy atom. The lowest BCUT2D eigenvalue weighted by molar-refractivity contribution is 0.144. The number of imidazole rings is 1. The van der Waals surface area contributed by atoms with E-state index in [9.17, 15) is 17.2 Å². The van der Waals surface area contributed by atoms with Crippen LogP contribution in [0.15, 0.2) is 30.5 Å². The second-order valence-corrected chi connectivity index (χ2v) is 11.5. The van der Waals surface area contributed by atoms with Gasteiger partial charge in [-0.2, -0.15) is 5.10 Å². The third-order valence-corrected chi connectivity index (χ3v) is 7.55. The Labute approximate surface area is 209 Å². The first kappa shape index (κ1) is 24.8. The first-order valence-corrected chi connectivity index (χ1v) is 14.3. The molecule has 2 aliphatic heterocycles. The molecular formula is C24H31F2N7O2S. The smallest absolute Gasteiger partial charge is 0.282 e. The van der Waals surface area contributed by atoms with Crippen LogP contribution >= 0.6 is 0 Å². The number of pyridine rings is 1. The van der Waals surface area contributed by atoms with E-state index < -0.39 is 16.4 Å². The highest BCUT2D eigenvalue weighted by molar-refractivity contribution is 7.88. The zero-order valence-corrected chi connectivity index (χ0v) is 21.1. The van der Waals surface area contributed by atoms with Crippen molar-refractivity contribution in [3.63, 3.8) is 0 Å². The van der Waals surface area contributed by atoms with Crippen LogP contribution in [-0.2, 0) is 10.0 Å². The van der Waals surface area contributed by atoms with Gasteiger partial charge in [0.1, 0.15) is 17.3 Å². The van der Waals surface area contributed by atoms with Crippen LogP contribution in [0.1, 0.15) is 44.2 Å². The minimum absolute atomic E-state index is 0.170. The third-order valence-electron chi connectivity index (χ3n) is 6.86. The van der Waals surface area contributed by atoms with Crippen LogP contribution in [0.5, 0.6) is 0 Å². The molecule has 2 fully saturated rings. The zero-order valence-electron chi connectivity index (χ0n) is 20.3. The molecule has 2 saturated heterocycles. The molecule has 1 unspecified atom stereocenters. The number of sulfonamides is 1. The van der Waals surface area contributed by atoms with Crippen molar-refractivity contribution in [1.82, 2.24) is 24.3 Å². The van der Waals surface area contributed by atoms with Crippen molar-refractivity contribution >= 4 is 27.3 Å². The summed E-state index contributed by atoms with van der Waals surface area (Å²) in [4.78, 5) is 13.8. The van der Waals surface area contributed by atoms with Crippen LogP contribution in [-0.4, -0.2) is 67.0 Å². The average molecular weight is 520 g/mol. The fourth-order valence-electron chi connectivity index (χ4n) is 5.01. The molecule has 3 aromatic rings. The predicted octanol–water partition coefficient (Wildman–Crippen LogP) is 3.48. The first-order chi connectivity index (χ1) is 17.3. The first-order valence-electron chi connectivity index (χ1n) is 12.4. The van der Waals surface area contributed by atoms with Gasteiger partial charge in [0.15, 0.2) is 5.65 Å². The Hall–Kier alpha value is -2.86. The minimum Gasteiger partial charge on any atom is -0.357 e. The van der Waals surface area contributed by atoms with Gasteiger partial charge in [0.05, 0.1) is 18.1 Å². The van der Waals surface area contributed by atoms with E-state index in [1.165, 1.54) is 23.3 Å². The van der Waals surface area contributed by atoms with Crippen LogP contribution in [0.2, 0.25) is 0 Å². The summed E-state index contributed by atoms with van der Waals surface area (Å²) in [6.45, 7) is 3.71. The number of halogens is 2. The molecule has 194 valence electrons. The second kappa shape index (κ2) is 10.3. The number of alkyl halides is 2. The number of rotatable bonds is 7. The zero-order chi connectivity index (χ0) is 25.3. The molecule has 0 aliphatic carbocycles. The van der Waals surface area contributed by atoms with Gasteiger partial charge < -0.3 is 9.80 Å². The second-order valence-electron chi connectivity index (χ2n) is 9.67. The van der Waals surface area contributed by atoms with E-state index in [1.54, 1.807) is 12.3 Å². The van der Waals surface area contributed by atoms with Crippen molar-refractivity contribution in [2.75, 3.05) is 48.8 Å². The van der Waals surface area contributed by atoms with Crippen molar-refractivity contribution in [3.8, 4) is 11.3 Å². The van der Waals surface area contributed by atoms with Gasteiger partial charge >= 0.3 is 0 Å². The molecule has 3 aromatic heterocycles. The van der Waals surface area contributed by atoms with Crippen LogP contribution < -0.4 is 14.5 Å². The summed E-state index contributed by atoms with van der Waals surface area (Å²) in [5, 5.41) is 4.15. The van der Waals surface area contributed by atoms with Crippen LogP contribution in [0.25, 0.3) is 16.9 Å². The molecule has 12 heteroatoms. The number of nitrogens with one attached hydrogen (secondary N) is 1. The molecule has 5 rings (SSSR count). The molecule has 2 aliphatic rings. The van der Waals surface area contributed by atoms with E-state index in [0.717, 1.165) is 62.5 Å². The summed E-state index contributed by atoms with van der Waals surface area (Å²) in [6.07, 6.45) is 5.41. The molecule has 0 bridgehead atoms. The average Bonchev–Trinajstić information content (AvgIpc) is 3.31. The van der Waals surface area contributed by atoms with Crippen molar-refractivity contribution in [1.29, 1.82) is 0 Å². The van der Waals surface area contributed by atoms with Gasteiger partial charge in [-0.25, -0.2) is 36.4 Å². The Bertz CT molecular complexity index is 1330.